The van der Waals surface area contributed by atoms with Gasteiger partial charge in [0.2, 0.25) is 0 Å². The van der Waals surface area contributed by atoms with Gasteiger partial charge >= 0.3 is 12.0 Å². The molecule has 3 amide bonds. The van der Waals surface area contributed by atoms with Crippen LogP contribution in [0.3, 0.4) is 0 Å². The Morgan fingerprint density at radius 2 is 1.80 bits per heavy atom. The van der Waals surface area contributed by atoms with Gasteiger partial charge in [-0.1, -0.05) is 17.7 Å². The normalized spacial score (nSPS) is 25.0. The van der Waals surface area contributed by atoms with Crippen LogP contribution in [0.1, 0.15) is 15.9 Å². The summed E-state index contributed by atoms with van der Waals surface area (Å²) < 4.78 is 0. The van der Waals surface area contributed by atoms with Crippen molar-refractivity contribution >= 4 is 17.9 Å². The molecule has 3 rings (SSSR count). The number of aliphatic carboxylic acids is 1. The van der Waals surface area contributed by atoms with E-state index in [4.69, 9.17) is 0 Å². The van der Waals surface area contributed by atoms with Crippen molar-refractivity contribution < 1.29 is 19.5 Å². The fourth-order valence-corrected chi connectivity index (χ4v) is 3.91. The second kappa shape index (κ2) is 6.06. The maximum absolute atomic E-state index is 12.8. The number of hydrogen-bond donors (Lipinski definition) is 1. The monoisotopic (exact) mass is 345 g/mol. The molecule has 0 spiro atoms. The van der Waals surface area contributed by atoms with Crippen LogP contribution in [0.15, 0.2) is 24.3 Å². The molecule has 25 heavy (non-hydrogen) atoms. The molecular formula is C18H23N3O4. The topological polar surface area (TPSA) is 81.2 Å². The highest BCUT2D eigenvalue weighted by molar-refractivity contribution is 5.95. The first-order valence-corrected chi connectivity index (χ1v) is 8.30. The van der Waals surface area contributed by atoms with Crippen LogP contribution in [-0.2, 0) is 4.79 Å². The maximum atomic E-state index is 12.8. The van der Waals surface area contributed by atoms with Gasteiger partial charge in [-0.15, -0.1) is 0 Å². The van der Waals surface area contributed by atoms with Gasteiger partial charge in [-0.05, 0) is 19.1 Å². The summed E-state index contributed by atoms with van der Waals surface area (Å²) in [5.74, 6) is -1.34. The maximum Gasteiger partial charge on any atom is 0.319 e. The number of hydrogen-bond acceptors (Lipinski definition) is 3. The average Bonchev–Trinajstić information content (AvgIpc) is 3.08. The molecule has 7 heteroatoms. The molecule has 1 aromatic rings. The third-order valence-corrected chi connectivity index (χ3v) is 5.24. The zero-order chi connectivity index (χ0) is 18.4. The fourth-order valence-electron chi connectivity index (χ4n) is 3.91. The lowest BCUT2D eigenvalue weighted by Gasteiger charge is -2.27. The number of aryl methyl sites for hydroxylation is 1. The summed E-state index contributed by atoms with van der Waals surface area (Å²) in [5, 5.41) is 9.84. The highest BCUT2D eigenvalue weighted by Crippen LogP contribution is 2.43. The molecule has 0 radical (unpaired) electrons. The predicted molar refractivity (Wildman–Crippen MR) is 91.3 cm³/mol. The lowest BCUT2D eigenvalue weighted by atomic mass is 9.81. The van der Waals surface area contributed by atoms with Crippen molar-refractivity contribution in [3.8, 4) is 0 Å². The lowest BCUT2D eigenvalue weighted by molar-refractivity contribution is -0.148. The van der Waals surface area contributed by atoms with Gasteiger partial charge in [0.25, 0.3) is 5.91 Å². The van der Waals surface area contributed by atoms with E-state index in [9.17, 15) is 19.5 Å². The van der Waals surface area contributed by atoms with E-state index in [1.807, 2.05) is 25.1 Å². The molecule has 2 heterocycles. The minimum atomic E-state index is -1.08. The van der Waals surface area contributed by atoms with Gasteiger partial charge < -0.3 is 19.8 Å². The number of carbonyl (C=O) groups excluding carboxylic acids is 2. The molecule has 2 saturated heterocycles. The molecule has 2 aliphatic heterocycles. The summed E-state index contributed by atoms with van der Waals surface area (Å²) >= 11 is 0. The molecular weight excluding hydrogens is 322 g/mol. The van der Waals surface area contributed by atoms with E-state index in [2.05, 4.69) is 0 Å². The second-order valence-electron chi connectivity index (χ2n) is 7.27. The highest BCUT2D eigenvalue weighted by Gasteiger charge is 2.59. The standard InChI is InChI=1S/C18H23N3O4/c1-12-5-4-6-13(7-12)15(22)20-8-14-9-21(17(25)19(2)3)11-18(14,10-20)16(23)24/h4-7,14H,8-11H2,1-3H3,(H,23,24)/t14-,18-/m0/s1. The van der Waals surface area contributed by atoms with Crippen LogP contribution in [-0.4, -0.2) is 78.0 Å². The Balaban J connectivity index is 1.81. The van der Waals surface area contributed by atoms with Crippen LogP contribution in [0, 0.1) is 18.3 Å². The molecule has 2 aliphatic rings. The molecule has 0 unspecified atom stereocenters. The van der Waals surface area contributed by atoms with Crippen LogP contribution in [0.2, 0.25) is 0 Å². The summed E-state index contributed by atoms with van der Waals surface area (Å²) in [5.41, 5.74) is 0.480. The Kier molecular flexibility index (Phi) is 4.18. The SMILES string of the molecule is Cc1cccc(C(=O)N2C[C@H]3CN(C(=O)N(C)C)C[C@@]3(C(=O)O)C2)c1. The third-order valence-electron chi connectivity index (χ3n) is 5.24. The minimum absolute atomic E-state index is 0.136. The molecule has 1 aromatic carbocycles. The average molecular weight is 345 g/mol. The van der Waals surface area contributed by atoms with E-state index in [0.717, 1.165) is 5.56 Å². The molecule has 134 valence electrons. The van der Waals surface area contributed by atoms with Gasteiger partial charge in [-0.3, -0.25) is 9.59 Å². The first-order chi connectivity index (χ1) is 11.7. The number of carbonyl (C=O) groups is 3. The van der Waals surface area contributed by atoms with E-state index < -0.39 is 11.4 Å². The summed E-state index contributed by atoms with van der Waals surface area (Å²) in [6.45, 7) is 2.91. The second-order valence-corrected chi connectivity index (χ2v) is 7.27. The van der Waals surface area contributed by atoms with Gasteiger partial charge in [0.1, 0.15) is 5.41 Å². The summed E-state index contributed by atoms with van der Waals surface area (Å²) in [4.78, 5) is 41.6. The quantitative estimate of drug-likeness (QED) is 0.871. The van der Waals surface area contributed by atoms with E-state index in [1.54, 1.807) is 30.0 Å². The van der Waals surface area contributed by atoms with Gasteiger partial charge in [-0.2, -0.15) is 0 Å². The van der Waals surface area contributed by atoms with Crippen molar-refractivity contribution in [1.82, 2.24) is 14.7 Å². The van der Waals surface area contributed by atoms with E-state index >= 15 is 0 Å². The molecule has 0 bridgehead atoms. The fraction of sp³-hybridized carbons (Fsp3) is 0.500. The summed E-state index contributed by atoms with van der Waals surface area (Å²) in [6, 6.07) is 7.11. The number of benzene rings is 1. The first kappa shape index (κ1) is 17.3. The van der Waals surface area contributed by atoms with Gasteiger partial charge in [-0.25, -0.2) is 4.79 Å². The summed E-state index contributed by atoms with van der Waals surface area (Å²) in [7, 11) is 3.30. The summed E-state index contributed by atoms with van der Waals surface area (Å²) in [6.07, 6.45) is 0. The van der Waals surface area contributed by atoms with Crippen molar-refractivity contribution in [2.24, 2.45) is 11.3 Å². The van der Waals surface area contributed by atoms with Crippen molar-refractivity contribution in [3.63, 3.8) is 0 Å². The smallest absolute Gasteiger partial charge is 0.319 e. The number of likely N-dealkylation sites (tertiary alicyclic amines) is 2. The number of carboxylic acids is 1. The van der Waals surface area contributed by atoms with Gasteiger partial charge in [0.15, 0.2) is 0 Å². The minimum Gasteiger partial charge on any atom is -0.481 e. The van der Waals surface area contributed by atoms with Crippen molar-refractivity contribution in [1.29, 1.82) is 0 Å². The molecule has 0 aromatic heterocycles. The number of nitrogens with zero attached hydrogens (tertiary/aromatic N) is 3. The number of carboxylic acid groups (broad SMARTS) is 1. The number of amides is 3. The van der Waals surface area contributed by atoms with Crippen molar-refractivity contribution in [3.05, 3.63) is 35.4 Å². The molecule has 0 saturated carbocycles. The van der Waals surface area contributed by atoms with E-state index in [-0.39, 0.29) is 30.9 Å². The first-order valence-electron chi connectivity index (χ1n) is 8.30. The molecule has 2 fully saturated rings. The number of rotatable bonds is 2. The van der Waals surface area contributed by atoms with Crippen molar-refractivity contribution in [2.45, 2.75) is 6.92 Å². The van der Waals surface area contributed by atoms with Crippen LogP contribution in [0.4, 0.5) is 4.79 Å². The van der Waals surface area contributed by atoms with Gasteiger partial charge in [0, 0.05) is 51.8 Å². The molecule has 0 aliphatic carbocycles. The van der Waals surface area contributed by atoms with Gasteiger partial charge in [0.05, 0.1) is 0 Å². The largest absolute Gasteiger partial charge is 0.481 e. The Labute approximate surface area is 146 Å². The number of urea groups is 1. The molecule has 2 atom stereocenters. The Hall–Kier alpha value is -2.57. The Bertz CT molecular complexity index is 733. The van der Waals surface area contributed by atoms with Crippen LogP contribution < -0.4 is 0 Å². The van der Waals surface area contributed by atoms with E-state index in [0.29, 0.717) is 18.7 Å². The molecule has 7 nitrogen and oxygen atoms in total. The lowest BCUT2D eigenvalue weighted by Crippen LogP contribution is -2.45. The van der Waals surface area contributed by atoms with Crippen LogP contribution >= 0.6 is 0 Å². The van der Waals surface area contributed by atoms with Crippen LogP contribution in [0.25, 0.3) is 0 Å². The van der Waals surface area contributed by atoms with Crippen molar-refractivity contribution in [2.75, 3.05) is 40.3 Å². The third kappa shape index (κ3) is 2.83. The van der Waals surface area contributed by atoms with Crippen LogP contribution in [0.5, 0.6) is 0 Å². The Morgan fingerprint density at radius 1 is 1.16 bits per heavy atom. The molecule has 1 N–H and O–H groups in total. The zero-order valence-corrected chi connectivity index (χ0v) is 14.7. The van der Waals surface area contributed by atoms with E-state index in [1.165, 1.54) is 4.90 Å². The predicted octanol–water partition coefficient (Wildman–Crippen LogP) is 1.14. The zero-order valence-electron chi connectivity index (χ0n) is 14.7. The highest BCUT2D eigenvalue weighted by atomic mass is 16.4. The Morgan fingerprint density at radius 3 is 2.36 bits per heavy atom. The number of fused-ring (bicyclic) bond motifs is 1.